The summed E-state index contributed by atoms with van der Waals surface area (Å²) in [7, 11) is 0. The lowest BCUT2D eigenvalue weighted by Gasteiger charge is -2.26. The fourth-order valence-electron chi connectivity index (χ4n) is 3.10. The van der Waals surface area contributed by atoms with Crippen LogP contribution < -0.4 is 4.90 Å². The first-order chi connectivity index (χ1) is 10.8. The molecule has 0 saturated heterocycles. The van der Waals surface area contributed by atoms with Crippen molar-refractivity contribution in [2.45, 2.75) is 13.0 Å². The molecule has 0 aliphatic carbocycles. The van der Waals surface area contributed by atoms with Crippen molar-refractivity contribution >= 4 is 11.6 Å². The number of para-hydroxylation sites is 1. The molecule has 108 valence electrons. The van der Waals surface area contributed by atoms with Crippen LogP contribution in [-0.2, 0) is 0 Å². The number of aromatic amines is 1. The molecule has 1 atom stereocenters. The number of aryl methyl sites for hydroxylation is 1. The van der Waals surface area contributed by atoms with Gasteiger partial charge in [-0.2, -0.15) is 5.10 Å². The summed E-state index contributed by atoms with van der Waals surface area (Å²) in [6.07, 6.45) is 0. The Balaban J connectivity index is 1.93. The third kappa shape index (κ3) is 1.77. The lowest BCUT2D eigenvalue weighted by atomic mass is 9.99. The molecular weight excluding hydrogens is 274 g/mol. The minimum absolute atomic E-state index is 0.0561. The van der Waals surface area contributed by atoms with Crippen LogP contribution in [0.2, 0.25) is 0 Å². The molecule has 1 amide bonds. The van der Waals surface area contributed by atoms with Gasteiger partial charge in [0.15, 0.2) is 5.69 Å². The van der Waals surface area contributed by atoms with E-state index in [0.29, 0.717) is 5.69 Å². The van der Waals surface area contributed by atoms with Crippen molar-refractivity contribution in [2.75, 3.05) is 4.90 Å². The maximum Gasteiger partial charge on any atom is 0.279 e. The lowest BCUT2D eigenvalue weighted by Crippen LogP contribution is -2.29. The third-order valence-corrected chi connectivity index (χ3v) is 4.10. The van der Waals surface area contributed by atoms with Gasteiger partial charge in [-0.3, -0.25) is 14.8 Å². The minimum atomic E-state index is -0.134. The van der Waals surface area contributed by atoms with Crippen molar-refractivity contribution in [3.05, 3.63) is 83.2 Å². The summed E-state index contributed by atoms with van der Waals surface area (Å²) in [4.78, 5) is 14.7. The molecule has 22 heavy (non-hydrogen) atoms. The summed E-state index contributed by atoms with van der Waals surface area (Å²) >= 11 is 0. The lowest BCUT2D eigenvalue weighted by molar-refractivity contribution is 0.0989. The van der Waals surface area contributed by atoms with Gasteiger partial charge < -0.3 is 0 Å². The van der Waals surface area contributed by atoms with Crippen molar-refractivity contribution < 1.29 is 4.79 Å². The molecule has 4 nitrogen and oxygen atoms in total. The number of carbonyl (C=O) groups is 1. The molecule has 0 spiro atoms. The molecule has 0 fully saturated rings. The van der Waals surface area contributed by atoms with Crippen LogP contribution in [0, 0.1) is 6.92 Å². The highest BCUT2D eigenvalue weighted by Gasteiger charge is 2.42. The highest BCUT2D eigenvalue weighted by Crippen LogP contribution is 2.41. The van der Waals surface area contributed by atoms with E-state index in [4.69, 9.17) is 0 Å². The number of hydrogen-bond donors (Lipinski definition) is 1. The zero-order chi connectivity index (χ0) is 15.1. The van der Waals surface area contributed by atoms with Gasteiger partial charge in [0.2, 0.25) is 0 Å². The molecule has 1 aliphatic heterocycles. The number of hydrogen-bond acceptors (Lipinski definition) is 2. The van der Waals surface area contributed by atoms with Crippen LogP contribution in [0.15, 0.2) is 60.7 Å². The summed E-state index contributed by atoms with van der Waals surface area (Å²) in [6, 6.07) is 19.7. The fraction of sp³-hybridized carbons (Fsp3) is 0.111. The van der Waals surface area contributed by atoms with Gasteiger partial charge in [0.1, 0.15) is 0 Å². The van der Waals surface area contributed by atoms with Crippen molar-refractivity contribution in [1.82, 2.24) is 10.2 Å². The molecule has 1 aromatic heterocycles. The van der Waals surface area contributed by atoms with E-state index in [2.05, 4.69) is 22.3 Å². The second-order valence-electron chi connectivity index (χ2n) is 5.43. The first-order valence-corrected chi connectivity index (χ1v) is 7.26. The van der Waals surface area contributed by atoms with Gasteiger partial charge in [-0.25, -0.2) is 0 Å². The van der Waals surface area contributed by atoms with Crippen LogP contribution in [0.25, 0.3) is 0 Å². The van der Waals surface area contributed by atoms with E-state index in [1.165, 1.54) is 0 Å². The Labute approximate surface area is 128 Å². The van der Waals surface area contributed by atoms with Crippen LogP contribution >= 0.6 is 0 Å². The number of fused-ring (bicyclic) bond motifs is 1. The maximum absolute atomic E-state index is 12.8. The van der Waals surface area contributed by atoms with E-state index < -0.39 is 0 Å². The molecule has 2 aromatic carbocycles. The third-order valence-electron chi connectivity index (χ3n) is 4.10. The first-order valence-electron chi connectivity index (χ1n) is 7.26. The number of carbonyl (C=O) groups excluding carboxylic acids is 1. The number of benzene rings is 2. The molecule has 4 heteroatoms. The minimum Gasteiger partial charge on any atom is -0.295 e. The number of anilines is 1. The molecule has 1 N–H and O–H groups in total. The van der Waals surface area contributed by atoms with Gasteiger partial charge in [-0.05, 0) is 24.6 Å². The van der Waals surface area contributed by atoms with Gasteiger partial charge in [0, 0.05) is 16.9 Å². The molecule has 0 bridgehead atoms. The Morgan fingerprint density at radius 2 is 1.64 bits per heavy atom. The molecule has 0 saturated carbocycles. The standard InChI is InChI=1S/C18H15N3O/c1-12-15-16(20-19-12)18(22)21(14-10-6-3-7-11-14)17(15)13-8-4-2-5-9-13/h2-11,17H,1H3,(H,19,20)/t17-/m0/s1. The Morgan fingerprint density at radius 3 is 2.32 bits per heavy atom. The van der Waals surface area contributed by atoms with Crippen LogP contribution in [0.1, 0.15) is 33.4 Å². The maximum atomic E-state index is 12.8. The number of nitrogens with one attached hydrogen (secondary N) is 1. The number of aromatic nitrogens is 2. The topological polar surface area (TPSA) is 49.0 Å². The number of H-pyrrole nitrogens is 1. The van der Waals surface area contributed by atoms with E-state index in [0.717, 1.165) is 22.5 Å². The van der Waals surface area contributed by atoms with Gasteiger partial charge in [-0.1, -0.05) is 48.5 Å². The van der Waals surface area contributed by atoms with E-state index in [1.807, 2.05) is 60.4 Å². The summed E-state index contributed by atoms with van der Waals surface area (Å²) in [6.45, 7) is 1.96. The van der Waals surface area contributed by atoms with Gasteiger partial charge in [-0.15, -0.1) is 0 Å². The highest BCUT2D eigenvalue weighted by atomic mass is 16.2. The second-order valence-corrected chi connectivity index (χ2v) is 5.43. The fourth-order valence-corrected chi connectivity index (χ4v) is 3.10. The zero-order valence-corrected chi connectivity index (χ0v) is 12.2. The first kappa shape index (κ1) is 12.8. The Bertz CT molecular complexity index is 824. The van der Waals surface area contributed by atoms with Crippen LogP contribution in [0.5, 0.6) is 0 Å². The highest BCUT2D eigenvalue weighted by molar-refractivity contribution is 6.10. The second kappa shape index (κ2) is 4.84. The number of rotatable bonds is 2. The van der Waals surface area contributed by atoms with E-state index >= 15 is 0 Å². The smallest absolute Gasteiger partial charge is 0.279 e. The predicted octanol–water partition coefficient (Wildman–Crippen LogP) is 3.47. The summed E-state index contributed by atoms with van der Waals surface area (Å²) in [5, 5.41) is 7.16. The van der Waals surface area contributed by atoms with Crippen molar-refractivity contribution in [3.63, 3.8) is 0 Å². The molecule has 4 rings (SSSR count). The largest absolute Gasteiger partial charge is 0.295 e. The van der Waals surface area contributed by atoms with Crippen LogP contribution in [-0.4, -0.2) is 16.1 Å². The van der Waals surface area contributed by atoms with Crippen LogP contribution in [0.3, 0.4) is 0 Å². The zero-order valence-electron chi connectivity index (χ0n) is 12.2. The molecule has 3 aromatic rings. The Morgan fingerprint density at radius 1 is 1.00 bits per heavy atom. The van der Waals surface area contributed by atoms with E-state index in [-0.39, 0.29) is 11.9 Å². The number of nitrogens with zero attached hydrogens (tertiary/aromatic N) is 2. The predicted molar refractivity (Wildman–Crippen MR) is 84.9 cm³/mol. The Kier molecular flexibility index (Phi) is 2.82. The van der Waals surface area contributed by atoms with E-state index in [9.17, 15) is 4.79 Å². The quantitative estimate of drug-likeness (QED) is 0.785. The monoisotopic (exact) mass is 289 g/mol. The summed E-state index contributed by atoms with van der Waals surface area (Å²) in [5.41, 5.74) is 4.41. The van der Waals surface area contributed by atoms with E-state index in [1.54, 1.807) is 0 Å². The van der Waals surface area contributed by atoms with Gasteiger partial charge in [0.05, 0.1) is 6.04 Å². The Hall–Kier alpha value is -2.88. The normalized spacial score (nSPS) is 16.9. The SMILES string of the molecule is Cc1[nH]nc2c1[C@H](c1ccccc1)N(c1ccccc1)C2=O. The van der Waals surface area contributed by atoms with Crippen molar-refractivity contribution in [3.8, 4) is 0 Å². The van der Waals surface area contributed by atoms with Crippen molar-refractivity contribution in [1.29, 1.82) is 0 Å². The molecule has 1 aliphatic rings. The number of amides is 1. The summed E-state index contributed by atoms with van der Waals surface area (Å²) < 4.78 is 0. The molecule has 0 unspecified atom stereocenters. The average Bonchev–Trinajstić information content (AvgIpc) is 3.08. The van der Waals surface area contributed by atoms with Crippen LogP contribution in [0.4, 0.5) is 5.69 Å². The summed E-state index contributed by atoms with van der Waals surface area (Å²) in [5.74, 6) is -0.0561. The molecule has 0 radical (unpaired) electrons. The van der Waals surface area contributed by atoms with Crippen molar-refractivity contribution in [2.24, 2.45) is 0 Å². The average molecular weight is 289 g/mol. The van der Waals surface area contributed by atoms with Gasteiger partial charge >= 0.3 is 0 Å². The molecule has 2 heterocycles. The van der Waals surface area contributed by atoms with Gasteiger partial charge in [0.25, 0.3) is 5.91 Å². The molecular formula is C18H15N3O.